The highest BCUT2D eigenvalue weighted by Crippen LogP contribution is 2.13. The Morgan fingerprint density at radius 1 is 1.29 bits per heavy atom. The highest BCUT2D eigenvalue weighted by molar-refractivity contribution is 5.88. The van der Waals surface area contributed by atoms with E-state index in [0.29, 0.717) is 5.75 Å². The van der Waals surface area contributed by atoms with Gasteiger partial charge in [0.05, 0.1) is 6.04 Å². The van der Waals surface area contributed by atoms with Crippen molar-refractivity contribution in [1.82, 2.24) is 10.6 Å². The molecule has 0 aliphatic rings. The van der Waals surface area contributed by atoms with Crippen molar-refractivity contribution in [2.24, 2.45) is 5.92 Å². The van der Waals surface area contributed by atoms with E-state index in [9.17, 15) is 9.59 Å². The first kappa shape index (κ1) is 17.2. The Labute approximate surface area is 126 Å². The number of carbonyl (C=O) groups is 2. The zero-order valence-corrected chi connectivity index (χ0v) is 13.1. The van der Waals surface area contributed by atoms with E-state index in [1.807, 2.05) is 39.1 Å². The van der Waals surface area contributed by atoms with Gasteiger partial charge in [-0.3, -0.25) is 9.59 Å². The molecule has 0 aromatic heterocycles. The van der Waals surface area contributed by atoms with Crippen molar-refractivity contribution in [2.75, 3.05) is 13.7 Å². The number of ketones is 1. The second kappa shape index (κ2) is 8.42. The summed E-state index contributed by atoms with van der Waals surface area (Å²) in [6.45, 7) is 5.92. The van der Waals surface area contributed by atoms with E-state index in [-0.39, 0.29) is 24.2 Å². The van der Waals surface area contributed by atoms with Crippen LogP contribution in [0.2, 0.25) is 0 Å². The molecule has 0 spiro atoms. The van der Waals surface area contributed by atoms with E-state index in [1.54, 1.807) is 6.07 Å². The molecule has 1 rings (SSSR count). The quantitative estimate of drug-likeness (QED) is 0.762. The number of amides is 1. The first-order valence-electron chi connectivity index (χ1n) is 7.10. The van der Waals surface area contributed by atoms with Gasteiger partial charge in [0.25, 0.3) is 5.91 Å². The largest absolute Gasteiger partial charge is 0.484 e. The molecule has 5 heteroatoms. The van der Waals surface area contributed by atoms with Crippen LogP contribution < -0.4 is 15.4 Å². The van der Waals surface area contributed by atoms with Gasteiger partial charge in [0.15, 0.2) is 12.4 Å². The van der Waals surface area contributed by atoms with Crippen LogP contribution >= 0.6 is 0 Å². The lowest BCUT2D eigenvalue weighted by Gasteiger charge is -2.19. The van der Waals surface area contributed by atoms with Gasteiger partial charge in [-0.05, 0) is 37.6 Å². The lowest BCUT2D eigenvalue weighted by molar-refractivity contribution is -0.129. The van der Waals surface area contributed by atoms with E-state index in [2.05, 4.69) is 10.6 Å². The Hall–Kier alpha value is -1.88. The van der Waals surface area contributed by atoms with Crippen molar-refractivity contribution in [1.29, 1.82) is 0 Å². The number of hydrogen-bond acceptors (Lipinski definition) is 4. The van der Waals surface area contributed by atoms with Crippen LogP contribution in [0.15, 0.2) is 24.3 Å². The highest BCUT2D eigenvalue weighted by atomic mass is 16.5. The minimum atomic E-state index is -0.461. The molecular formula is C16H24N2O3. The summed E-state index contributed by atoms with van der Waals surface area (Å²) in [5.41, 5.74) is 1.08. The van der Waals surface area contributed by atoms with Crippen molar-refractivity contribution in [3.8, 4) is 5.75 Å². The van der Waals surface area contributed by atoms with Crippen LogP contribution in [0.4, 0.5) is 0 Å². The Morgan fingerprint density at radius 3 is 2.57 bits per heavy atom. The maximum atomic E-state index is 11.8. The molecule has 21 heavy (non-hydrogen) atoms. The number of Topliss-reactive ketones (excluding diaryl/α,β-unsaturated/α-hetero) is 1. The van der Waals surface area contributed by atoms with Gasteiger partial charge in [0.2, 0.25) is 0 Å². The fraction of sp³-hybridized carbons (Fsp3) is 0.500. The third-order valence-corrected chi connectivity index (χ3v) is 3.07. The third-order valence-electron chi connectivity index (χ3n) is 3.07. The summed E-state index contributed by atoms with van der Waals surface area (Å²) in [4.78, 5) is 23.3. The lowest BCUT2D eigenvalue weighted by Crippen LogP contribution is -2.45. The van der Waals surface area contributed by atoms with E-state index in [4.69, 9.17) is 4.74 Å². The Bertz CT molecular complexity index is 486. The molecular weight excluding hydrogens is 268 g/mol. The molecule has 0 fully saturated rings. The lowest BCUT2D eigenvalue weighted by atomic mass is 10.0. The summed E-state index contributed by atoms with van der Waals surface area (Å²) in [6.07, 6.45) is 0. The van der Waals surface area contributed by atoms with Gasteiger partial charge in [-0.25, -0.2) is 0 Å². The Morgan fingerprint density at radius 2 is 2.00 bits per heavy atom. The fourth-order valence-corrected chi connectivity index (χ4v) is 2.05. The molecule has 1 aromatic carbocycles. The van der Waals surface area contributed by atoms with Crippen LogP contribution in [-0.4, -0.2) is 31.4 Å². The van der Waals surface area contributed by atoms with Crippen LogP contribution in [-0.2, 0) is 16.1 Å². The first-order valence-corrected chi connectivity index (χ1v) is 7.10. The van der Waals surface area contributed by atoms with Gasteiger partial charge in [0.1, 0.15) is 5.75 Å². The predicted molar refractivity (Wildman–Crippen MR) is 82.2 cm³/mol. The monoisotopic (exact) mass is 292 g/mol. The normalized spacial score (nSPS) is 12.0. The standard InChI is InChI=1S/C16H24N2O3/c1-11(2)16(12(3)19)18-15(20)10-21-14-7-5-6-13(8-14)9-17-4/h5-8,11,16-17H,9-10H2,1-4H3,(H,18,20). The third kappa shape index (κ3) is 5.95. The maximum absolute atomic E-state index is 11.8. The number of rotatable bonds is 8. The fourth-order valence-electron chi connectivity index (χ4n) is 2.05. The zero-order chi connectivity index (χ0) is 15.8. The van der Waals surface area contributed by atoms with Crippen molar-refractivity contribution in [3.05, 3.63) is 29.8 Å². The molecule has 0 heterocycles. The van der Waals surface area contributed by atoms with Crippen molar-refractivity contribution >= 4 is 11.7 Å². The van der Waals surface area contributed by atoms with E-state index < -0.39 is 6.04 Å². The Kier molecular flexibility index (Phi) is 6.88. The van der Waals surface area contributed by atoms with E-state index in [0.717, 1.165) is 12.1 Å². The van der Waals surface area contributed by atoms with Crippen LogP contribution in [0, 0.1) is 5.92 Å². The van der Waals surface area contributed by atoms with E-state index in [1.165, 1.54) is 6.92 Å². The van der Waals surface area contributed by atoms with Gasteiger partial charge >= 0.3 is 0 Å². The molecule has 2 N–H and O–H groups in total. The van der Waals surface area contributed by atoms with Gasteiger partial charge in [-0.15, -0.1) is 0 Å². The van der Waals surface area contributed by atoms with Crippen LogP contribution in [0.25, 0.3) is 0 Å². The molecule has 0 bridgehead atoms. The molecule has 0 saturated carbocycles. The molecule has 116 valence electrons. The molecule has 1 aromatic rings. The summed E-state index contributed by atoms with van der Waals surface area (Å²) in [5, 5.41) is 5.75. The van der Waals surface area contributed by atoms with Crippen molar-refractivity contribution in [2.45, 2.75) is 33.4 Å². The highest BCUT2D eigenvalue weighted by Gasteiger charge is 2.20. The minimum Gasteiger partial charge on any atom is -0.484 e. The average Bonchev–Trinajstić information content (AvgIpc) is 2.42. The predicted octanol–water partition coefficient (Wildman–Crippen LogP) is 1.51. The number of ether oxygens (including phenoxy) is 1. The number of carbonyl (C=O) groups excluding carboxylic acids is 2. The molecule has 0 radical (unpaired) electrons. The van der Waals surface area contributed by atoms with Gasteiger partial charge in [0, 0.05) is 6.54 Å². The summed E-state index contributed by atoms with van der Waals surface area (Å²) in [6, 6.07) is 7.09. The molecule has 0 aliphatic heterocycles. The maximum Gasteiger partial charge on any atom is 0.258 e. The molecule has 5 nitrogen and oxygen atoms in total. The second-order valence-corrected chi connectivity index (χ2v) is 5.37. The van der Waals surface area contributed by atoms with E-state index >= 15 is 0 Å². The zero-order valence-electron chi connectivity index (χ0n) is 13.1. The van der Waals surface area contributed by atoms with Gasteiger partial charge in [-0.2, -0.15) is 0 Å². The molecule has 0 aliphatic carbocycles. The molecule has 0 saturated heterocycles. The van der Waals surface area contributed by atoms with Crippen molar-refractivity contribution in [3.63, 3.8) is 0 Å². The molecule has 1 unspecified atom stereocenters. The van der Waals surface area contributed by atoms with Gasteiger partial charge < -0.3 is 15.4 Å². The number of nitrogens with one attached hydrogen (secondary N) is 2. The molecule has 1 amide bonds. The summed E-state index contributed by atoms with van der Waals surface area (Å²) in [5.74, 6) is 0.365. The first-order chi connectivity index (χ1) is 9.93. The minimum absolute atomic E-state index is 0.0469. The van der Waals surface area contributed by atoms with Crippen LogP contribution in [0.1, 0.15) is 26.3 Å². The van der Waals surface area contributed by atoms with Crippen LogP contribution in [0.5, 0.6) is 5.75 Å². The summed E-state index contributed by atoms with van der Waals surface area (Å²) in [7, 11) is 1.87. The smallest absolute Gasteiger partial charge is 0.258 e. The topological polar surface area (TPSA) is 67.4 Å². The van der Waals surface area contributed by atoms with Crippen molar-refractivity contribution < 1.29 is 14.3 Å². The number of hydrogen-bond donors (Lipinski definition) is 2. The summed E-state index contributed by atoms with van der Waals surface area (Å²) < 4.78 is 5.46. The summed E-state index contributed by atoms with van der Waals surface area (Å²) >= 11 is 0. The Balaban J connectivity index is 2.52. The average molecular weight is 292 g/mol. The SMILES string of the molecule is CNCc1cccc(OCC(=O)NC(C(C)=O)C(C)C)c1. The number of benzene rings is 1. The molecule has 1 atom stereocenters. The van der Waals surface area contributed by atoms with Crippen LogP contribution in [0.3, 0.4) is 0 Å². The second-order valence-electron chi connectivity index (χ2n) is 5.37. The van der Waals surface area contributed by atoms with Gasteiger partial charge in [-0.1, -0.05) is 26.0 Å².